The summed E-state index contributed by atoms with van der Waals surface area (Å²) in [6.45, 7) is 2.51. The zero-order valence-electron chi connectivity index (χ0n) is 13.5. The molecule has 4 rings (SSSR count). The molecule has 2 aromatic heterocycles. The van der Waals surface area contributed by atoms with Crippen LogP contribution in [0.15, 0.2) is 29.1 Å². The van der Waals surface area contributed by atoms with Gasteiger partial charge in [0, 0.05) is 11.4 Å². The van der Waals surface area contributed by atoms with Gasteiger partial charge in [0.15, 0.2) is 5.69 Å². The number of aromatic amines is 1. The molecule has 0 bridgehead atoms. The van der Waals surface area contributed by atoms with Gasteiger partial charge in [0.05, 0.1) is 16.9 Å². The van der Waals surface area contributed by atoms with Crippen molar-refractivity contribution in [2.75, 3.05) is 11.4 Å². The molecule has 0 aliphatic carbocycles. The summed E-state index contributed by atoms with van der Waals surface area (Å²) in [6.07, 6.45) is 1.78. The van der Waals surface area contributed by atoms with E-state index < -0.39 is 5.97 Å². The zero-order valence-corrected chi connectivity index (χ0v) is 14.3. The summed E-state index contributed by atoms with van der Waals surface area (Å²) in [6, 6.07) is 7.15. The molecule has 0 amide bonds. The normalized spacial score (nSPS) is 17.3. The maximum Gasteiger partial charge on any atom is 0.355 e. The highest BCUT2D eigenvalue weighted by Crippen LogP contribution is 2.37. The van der Waals surface area contributed by atoms with E-state index in [4.69, 9.17) is 0 Å². The quantitative estimate of drug-likeness (QED) is 0.749. The third kappa shape index (κ3) is 2.68. The number of hydrogen-bond acceptors (Lipinski definition) is 6. The predicted octanol–water partition coefficient (Wildman–Crippen LogP) is 2.73. The van der Waals surface area contributed by atoms with Crippen LogP contribution in [-0.2, 0) is 0 Å². The molecular weight excluding hydrogens is 340 g/mol. The van der Waals surface area contributed by atoms with Crippen molar-refractivity contribution >= 4 is 34.2 Å². The summed E-state index contributed by atoms with van der Waals surface area (Å²) in [5.41, 5.74) is 0.577. The van der Waals surface area contributed by atoms with Gasteiger partial charge in [-0.1, -0.05) is 12.1 Å². The molecule has 1 unspecified atom stereocenters. The number of aryl methyl sites for hydroxylation is 1. The van der Waals surface area contributed by atoms with Gasteiger partial charge in [-0.25, -0.2) is 14.8 Å². The number of benzene rings is 1. The summed E-state index contributed by atoms with van der Waals surface area (Å²) < 4.78 is 0. The van der Waals surface area contributed by atoms with Crippen LogP contribution in [0.2, 0.25) is 0 Å². The molecule has 25 heavy (non-hydrogen) atoms. The minimum Gasteiger partial charge on any atom is -0.476 e. The molecule has 2 N–H and O–H groups in total. The Morgan fingerprint density at radius 2 is 2.16 bits per heavy atom. The predicted molar refractivity (Wildman–Crippen MR) is 95.5 cm³/mol. The lowest BCUT2D eigenvalue weighted by molar-refractivity contribution is 0.0690. The summed E-state index contributed by atoms with van der Waals surface area (Å²) in [7, 11) is 0. The first kappa shape index (κ1) is 15.8. The Balaban J connectivity index is 1.76. The van der Waals surface area contributed by atoms with Crippen LogP contribution >= 0.6 is 11.3 Å². The number of carbonyl (C=O) groups is 1. The van der Waals surface area contributed by atoms with E-state index in [1.54, 1.807) is 13.0 Å². The summed E-state index contributed by atoms with van der Waals surface area (Å²) in [5.74, 6) is -0.502. The molecule has 1 saturated heterocycles. The number of rotatable bonds is 3. The number of fused-ring (bicyclic) bond motifs is 1. The van der Waals surface area contributed by atoms with E-state index in [-0.39, 0.29) is 17.3 Å². The Hall–Kier alpha value is -2.74. The molecule has 1 atom stereocenters. The molecule has 1 fully saturated rings. The molecule has 1 aromatic carbocycles. The van der Waals surface area contributed by atoms with Crippen LogP contribution in [0.5, 0.6) is 0 Å². The van der Waals surface area contributed by atoms with Gasteiger partial charge in [0.2, 0.25) is 5.95 Å². The van der Waals surface area contributed by atoms with E-state index in [2.05, 4.69) is 15.0 Å². The number of nitrogens with zero attached hydrogens (tertiary/aromatic N) is 3. The summed E-state index contributed by atoms with van der Waals surface area (Å²) in [5, 5.41) is 10.5. The first-order valence-corrected chi connectivity index (χ1v) is 8.82. The second kappa shape index (κ2) is 5.96. The molecule has 3 aromatic rings. The first-order valence-electron chi connectivity index (χ1n) is 8.01. The molecule has 3 heterocycles. The van der Waals surface area contributed by atoms with Gasteiger partial charge >= 0.3 is 5.97 Å². The van der Waals surface area contributed by atoms with Crippen molar-refractivity contribution in [1.82, 2.24) is 15.0 Å². The van der Waals surface area contributed by atoms with Crippen molar-refractivity contribution in [3.63, 3.8) is 0 Å². The van der Waals surface area contributed by atoms with Crippen molar-refractivity contribution in [3.05, 3.63) is 50.2 Å². The maximum absolute atomic E-state index is 12.3. The lowest BCUT2D eigenvalue weighted by atomic mass is 10.2. The van der Waals surface area contributed by atoms with E-state index in [1.807, 2.05) is 23.1 Å². The number of thiazole rings is 1. The van der Waals surface area contributed by atoms with Gasteiger partial charge in [-0.15, -0.1) is 11.3 Å². The fraction of sp³-hybridized carbons (Fsp3) is 0.294. The third-order valence-corrected chi connectivity index (χ3v) is 5.50. The molecule has 0 spiro atoms. The lowest BCUT2D eigenvalue weighted by Crippen LogP contribution is -2.27. The van der Waals surface area contributed by atoms with Crippen LogP contribution in [-0.4, -0.2) is 32.6 Å². The molecule has 0 radical (unpaired) electrons. The van der Waals surface area contributed by atoms with Crippen LogP contribution in [0.25, 0.3) is 10.9 Å². The van der Waals surface area contributed by atoms with Gasteiger partial charge < -0.3 is 10.0 Å². The van der Waals surface area contributed by atoms with Crippen LogP contribution < -0.4 is 10.5 Å². The number of carboxylic acid groups (broad SMARTS) is 1. The number of anilines is 1. The largest absolute Gasteiger partial charge is 0.476 e. The fourth-order valence-corrected chi connectivity index (χ4v) is 4.31. The second-order valence-corrected chi connectivity index (χ2v) is 7.25. The summed E-state index contributed by atoms with van der Waals surface area (Å²) >= 11 is 1.39. The van der Waals surface area contributed by atoms with Gasteiger partial charge in [0.1, 0.15) is 5.01 Å². The molecule has 128 valence electrons. The van der Waals surface area contributed by atoms with Crippen molar-refractivity contribution in [1.29, 1.82) is 0 Å². The zero-order chi connectivity index (χ0) is 17.6. The third-order valence-electron chi connectivity index (χ3n) is 4.43. The van der Waals surface area contributed by atoms with E-state index in [1.165, 1.54) is 11.3 Å². The Labute approximate surface area is 147 Å². The van der Waals surface area contributed by atoms with E-state index in [9.17, 15) is 14.7 Å². The number of aromatic nitrogens is 3. The summed E-state index contributed by atoms with van der Waals surface area (Å²) in [4.78, 5) is 38.1. The van der Waals surface area contributed by atoms with Crippen LogP contribution in [0.3, 0.4) is 0 Å². The number of H-pyrrole nitrogens is 1. The minimum atomic E-state index is -1.01. The number of carboxylic acids is 1. The minimum absolute atomic E-state index is 0.0684. The number of hydrogen-bond donors (Lipinski definition) is 2. The molecule has 8 heteroatoms. The Kier molecular flexibility index (Phi) is 3.76. The van der Waals surface area contributed by atoms with E-state index in [0.717, 1.165) is 24.4 Å². The number of para-hydroxylation sites is 1. The van der Waals surface area contributed by atoms with Gasteiger partial charge in [-0.2, -0.15) is 0 Å². The number of aromatic carboxylic acids is 1. The highest BCUT2D eigenvalue weighted by atomic mass is 32.1. The average molecular weight is 356 g/mol. The molecule has 1 aliphatic rings. The van der Waals surface area contributed by atoms with Crippen LogP contribution in [0.4, 0.5) is 5.95 Å². The standard InChI is InChI=1S/C17H16N4O3S/c1-9-13(16(23)24)19-15(25-9)12-7-4-8-21(12)17-18-11-6-3-2-5-10(11)14(22)20-17/h2-3,5-6,12H,4,7-8H2,1H3,(H,23,24)(H,18,20,22). The smallest absolute Gasteiger partial charge is 0.355 e. The Bertz CT molecular complexity index is 1030. The van der Waals surface area contributed by atoms with Crippen molar-refractivity contribution in [2.45, 2.75) is 25.8 Å². The Morgan fingerprint density at radius 1 is 1.36 bits per heavy atom. The van der Waals surface area contributed by atoms with Gasteiger partial charge in [-0.05, 0) is 31.9 Å². The van der Waals surface area contributed by atoms with Gasteiger partial charge in [0.25, 0.3) is 5.56 Å². The van der Waals surface area contributed by atoms with Crippen molar-refractivity contribution < 1.29 is 9.90 Å². The van der Waals surface area contributed by atoms with Crippen LogP contribution in [0.1, 0.15) is 39.3 Å². The van der Waals surface area contributed by atoms with Crippen LogP contribution in [0, 0.1) is 6.92 Å². The molecule has 0 saturated carbocycles. The maximum atomic E-state index is 12.3. The van der Waals surface area contributed by atoms with Crippen molar-refractivity contribution in [3.8, 4) is 0 Å². The molecule has 1 aliphatic heterocycles. The first-order chi connectivity index (χ1) is 12.0. The topological polar surface area (TPSA) is 99.2 Å². The van der Waals surface area contributed by atoms with E-state index >= 15 is 0 Å². The highest BCUT2D eigenvalue weighted by Gasteiger charge is 2.31. The number of nitrogens with one attached hydrogen (secondary N) is 1. The lowest BCUT2D eigenvalue weighted by Gasteiger charge is -2.23. The molecule has 7 nitrogen and oxygen atoms in total. The monoisotopic (exact) mass is 356 g/mol. The average Bonchev–Trinajstić information content (AvgIpc) is 3.21. The Morgan fingerprint density at radius 3 is 2.92 bits per heavy atom. The SMILES string of the molecule is Cc1sc(C2CCCN2c2nc3ccccc3c(=O)[nH]2)nc1C(=O)O. The molecular formula is C17H16N4O3S. The van der Waals surface area contributed by atoms with Gasteiger partial charge in [-0.3, -0.25) is 9.78 Å². The van der Waals surface area contributed by atoms with E-state index in [0.29, 0.717) is 21.7 Å². The second-order valence-electron chi connectivity index (χ2n) is 6.02. The van der Waals surface area contributed by atoms with Crippen molar-refractivity contribution in [2.24, 2.45) is 0 Å². The highest BCUT2D eigenvalue weighted by molar-refractivity contribution is 7.12. The fourth-order valence-electron chi connectivity index (χ4n) is 3.24.